The number of nitrogens with one attached hydrogen (secondary N) is 1. The Morgan fingerprint density at radius 2 is 1.96 bits per heavy atom. The molecule has 0 aliphatic heterocycles. The lowest BCUT2D eigenvalue weighted by Crippen LogP contribution is -2.25. The van der Waals surface area contributed by atoms with E-state index in [4.69, 9.17) is 9.84 Å². The molecule has 2 unspecified atom stereocenters. The summed E-state index contributed by atoms with van der Waals surface area (Å²) in [6.45, 7) is 2.76. The molecule has 2 N–H and O–H groups in total. The minimum atomic E-state index is -0.0269. The minimum Gasteiger partial charge on any atom is -0.491 e. The molecule has 0 bridgehead atoms. The zero-order chi connectivity index (χ0) is 16.9. The molecule has 0 saturated heterocycles. The standard InChI is InChI=1S/C20H23NO3/c1-14-6-2-4-8-16(14)17-12-18(17)20(23)21-13-15-7-3-5-9-19(15)24-11-10-22/h2-9,17-18,22H,10-13H2,1H3,(H,21,23). The quantitative estimate of drug-likeness (QED) is 0.823. The molecule has 0 radical (unpaired) electrons. The molecule has 3 rings (SSSR count). The predicted octanol–water partition coefficient (Wildman–Crippen LogP) is 2.79. The summed E-state index contributed by atoms with van der Waals surface area (Å²) in [5.74, 6) is 1.21. The lowest BCUT2D eigenvalue weighted by atomic mass is 10.0. The highest BCUT2D eigenvalue weighted by Crippen LogP contribution is 2.48. The second kappa shape index (κ2) is 7.49. The summed E-state index contributed by atoms with van der Waals surface area (Å²) in [7, 11) is 0. The molecule has 1 aliphatic rings. The molecule has 1 fully saturated rings. The van der Waals surface area contributed by atoms with Gasteiger partial charge in [0.1, 0.15) is 12.4 Å². The van der Waals surface area contributed by atoms with Gasteiger partial charge in [0, 0.05) is 18.0 Å². The van der Waals surface area contributed by atoms with Crippen molar-refractivity contribution < 1.29 is 14.6 Å². The fraction of sp³-hybridized carbons (Fsp3) is 0.350. The number of rotatable bonds is 7. The highest BCUT2D eigenvalue weighted by atomic mass is 16.5. The molecule has 2 atom stereocenters. The van der Waals surface area contributed by atoms with Gasteiger partial charge in [-0.05, 0) is 36.5 Å². The topological polar surface area (TPSA) is 58.6 Å². The number of para-hydroxylation sites is 1. The van der Waals surface area contributed by atoms with E-state index in [1.54, 1.807) is 0 Å². The number of carbonyl (C=O) groups excluding carboxylic acids is 1. The normalized spacial score (nSPS) is 18.9. The van der Waals surface area contributed by atoms with Crippen LogP contribution in [0, 0.1) is 12.8 Å². The Balaban J connectivity index is 1.57. The second-order valence-corrected chi connectivity index (χ2v) is 6.20. The zero-order valence-corrected chi connectivity index (χ0v) is 13.9. The summed E-state index contributed by atoms with van der Waals surface area (Å²) in [5, 5.41) is 11.9. The maximum atomic E-state index is 12.4. The summed E-state index contributed by atoms with van der Waals surface area (Å²) in [6, 6.07) is 15.9. The van der Waals surface area contributed by atoms with E-state index in [-0.39, 0.29) is 25.0 Å². The molecule has 126 valence electrons. The highest BCUT2D eigenvalue weighted by Gasteiger charge is 2.44. The number of carbonyl (C=O) groups is 1. The largest absolute Gasteiger partial charge is 0.491 e. The molecule has 2 aromatic carbocycles. The Hall–Kier alpha value is -2.33. The van der Waals surface area contributed by atoms with Crippen molar-refractivity contribution in [2.24, 2.45) is 5.92 Å². The number of amides is 1. The van der Waals surface area contributed by atoms with Gasteiger partial charge >= 0.3 is 0 Å². The summed E-state index contributed by atoms with van der Waals surface area (Å²) in [5.41, 5.74) is 3.46. The molecule has 0 heterocycles. The fourth-order valence-corrected chi connectivity index (χ4v) is 3.09. The first kappa shape index (κ1) is 16.5. The lowest BCUT2D eigenvalue weighted by Gasteiger charge is -2.11. The van der Waals surface area contributed by atoms with Crippen LogP contribution in [0.4, 0.5) is 0 Å². The van der Waals surface area contributed by atoms with Crippen LogP contribution in [-0.2, 0) is 11.3 Å². The maximum absolute atomic E-state index is 12.4. The second-order valence-electron chi connectivity index (χ2n) is 6.20. The molecular weight excluding hydrogens is 302 g/mol. The van der Waals surface area contributed by atoms with E-state index in [9.17, 15) is 4.79 Å². The monoisotopic (exact) mass is 325 g/mol. The van der Waals surface area contributed by atoms with Gasteiger partial charge in [0.15, 0.2) is 0 Å². The summed E-state index contributed by atoms with van der Waals surface area (Å²) in [4.78, 5) is 12.4. The number of aliphatic hydroxyl groups excluding tert-OH is 1. The van der Waals surface area contributed by atoms with Gasteiger partial charge in [-0.3, -0.25) is 4.79 Å². The number of aryl methyl sites for hydroxylation is 1. The van der Waals surface area contributed by atoms with Gasteiger partial charge in [0.05, 0.1) is 6.61 Å². The predicted molar refractivity (Wildman–Crippen MR) is 92.9 cm³/mol. The summed E-state index contributed by atoms with van der Waals surface area (Å²) >= 11 is 0. The number of hydrogen-bond donors (Lipinski definition) is 2. The van der Waals surface area contributed by atoms with Gasteiger partial charge < -0.3 is 15.2 Å². The Morgan fingerprint density at radius 1 is 1.21 bits per heavy atom. The van der Waals surface area contributed by atoms with Gasteiger partial charge in [-0.15, -0.1) is 0 Å². The van der Waals surface area contributed by atoms with E-state index in [1.165, 1.54) is 11.1 Å². The molecule has 1 aliphatic carbocycles. The first-order chi connectivity index (χ1) is 11.7. The third-order valence-electron chi connectivity index (χ3n) is 4.49. The molecular formula is C20H23NO3. The van der Waals surface area contributed by atoms with Crippen LogP contribution in [0.25, 0.3) is 0 Å². The van der Waals surface area contributed by atoms with Crippen molar-refractivity contribution in [1.29, 1.82) is 0 Å². The van der Waals surface area contributed by atoms with Gasteiger partial charge in [-0.2, -0.15) is 0 Å². The van der Waals surface area contributed by atoms with Crippen molar-refractivity contribution >= 4 is 5.91 Å². The smallest absolute Gasteiger partial charge is 0.224 e. The van der Waals surface area contributed by atoms with Crippen molar-refractivity contribution in [3.63, 3.8) is 0 Å². The first-order valence-electron chi connectivity index (χ1n) is 8.35. The molecule has 2 aromatic rings. The molecule has 1 saturated carbocycles. The van der Waals surface area contributed by atoms with Crippen LogP contribution in [0.1, 0.15) is 29.0 Å². The van der Waals surface area contributed by atoms with Crippen LogP contribution in [0.5, 0.6) is 5.75 Å². The Labute approximate surface area is 142 Å². The third-order valence-corrected chi connectivity index (χ3v) is 4.49. The zero-order valence-electron chi connectivity index (χ0n) is 13.9. The SMILES string of the molecule is Cc1ccccc1C1CC1C(=O)NCc1ccccc1OCCO. The fourth-order valence-electron chi connectivity index (χ4n) is 3.09. The Morgan fingerprint density at radius 3 is 2.75 bits per heavy atom. The van der Waals surface area contributed by atoms with E-state index in [2.05, 4.69) is 24.4 Å². The van der Waals surface area contributed by atoms with Crippen molar-refractivity contribution in [1.82, 2.24) is 5.32 Å². The van der Waals surface area contributed by atoms with Gasteiger partial charge in [-0.1, -0.05) is 42.5 Å². The average molecular weight is 325 g/mol. The van der Waals surface area contributed by atoms with Crippen molar-refractivity contribution in [2.75, 3.05) is 13.2 Å². The number of aliphatic hydroxyl groups is 1. The van der Waals surface area contributed by atoms with Crippen molar-refractivity contribution in [3.05, 3.63) is 65.2 Å². The average Bonchev–Trinajstić information content (AvgIpc) is 3.39. The summed E-state index contributed by atoms with van der Waals surface area (Å²) < 4.78 is 5.50. The molecule has 4 nitrogen and oxygen atoms in total. The molecule has 24 heavy (non-hydrogen) atoms. The van der Waals surface area contributed by atoms with E-state index in [0.717, 1.165) is 12.0 Å². The molecule has 1 amide bonds. The van der Waals surface area contributed by atoms with E-state index in [0.29, 0.717) is 18.2 Å². The van der Waals surface area contributed by atoms with Crippen LogP contribution >= 0.6 is 0 Å². The van der Waals surface area contributed by atoms with Crippen LogP contribution in [0.15, 0.2) is 48.5 Å². The molecule has 0 aromatic heterocycles. The lowest BCUT2D eigenvalue weighted by molar-refractivity contribution is -0.122. The number of ether oxygens (including phenoxy) is 1. The third kappa shape index (κ3) is 3.77. The van der Waals surface area contributed by atoms with Crippen LogP contribution in [0.2, 0.25) is 0 Å². The highest BCUT2D eigenvalue weighted by molar-refractivity contribution is 5.83. The van der Waals surface area contributed by atoms with Crippen LogP contribution < -0.4 is 10.1 Å². The molecule has 0 spiro atoms. The Kier molecular flexibility index (Phi) is 5.16. The Bertz CT molecular complexity index is 714. The number of hydrogen-bond acceptors (Lipinski definition) is 3. The van der Waals surface area contributed by atoms with E-state index < -0.39 is 0 Å². The van der Waals surface area contributed by atoms with Gasteiger partial charge in [0.2, 0.25) is 5.91 Å². The van der Waals surface area contributed by atoms with Crippen LogP contribution in [-0.4, -0.2) is 24.2 Å². The summed E-state index contributed by atoms with van der Waals surface area (Å²) in [6.07, 6.45) is 0.916. The minimum absolute atomic E-state index is 0.0269. The number of benzene rings is 2. The van der Waals surface area contributed by atoms with Crippen molar-refractivity contribution in [3.8, 4) is 5.75 Å². The van der Waals surface area contributed by atoms with Crippen molar-refractivity contribution in [2.45, 2.75) is 25.8 Å². The van der Waals surface area contributed by atoms with E-state index in [1.807, 2.05) is 36.4 Å². The van der Waals surface area contributed by atoms with Gasteiger partial charge in [0.25, 0.3) is 0 Å². The van der Waals surface area contributed by atoms with Crippen LogP contribution in [0.3, 0.4) is 0 Å². The maximum Gasteiger partial charge on any atom is 0.224 e. The first-order valence-corrected chi connectivity index (χ1v) is 8.35. The van der Waals surface area contributed by atoms with E-state index >= 15 is 0 Å². The van der Waals surface area contributed by atoms with Gasteiger partial charge in [-0.25, -0.2) is 0 Å². The molecule has 4 heteroatoms.